The molecular weight excluding hydrogens is 435 g/mol. The first-order chi connectivity index (χ1) is 14.1. The number of rotatable bonds is 3. The highest BCUT2D eigenvalue weighted by Gasteiger charge is 2.32. The second kappa shape index (κ2) is 9.39. The molecule has 0 aliphatic carbocycles. The second-order valence-corrected chi connectivity index (χ2v) is 8.22. The molecule has 0 spiro atoms. The summed E-state index contributed by atoms with van der Waals surface area (Å²) in [7, 11) is 1.75. The molecule has 164 valence electrons. The summed E-state index contributed by atoms with van der Waals surface area (Å²) in [5.41, 5.74) is 2.20. The van der Waals surface area contributed by atoms with Crippen LogP contribution in [0.4, 0.5) is 0 Å². The number of carbonyl (C=O) groups is 1. The fourth-order valence-corrected chi connectivity index (χ4v) is 4.81. The molecule has 0 radical (unpaired) electrons. The predicted octanol–water partition coefficient (Wildman–Crippen LogP) is 3.22. The van der Waals surface area contributed by atoms with Crippen molar-refractivity contribution in [3.8, 4) is 0 Å². The third-order valence-electron chi connectivity index (χ3n) is 6.26. The minimum atomic E-state index is -0.231. The van der Waals surface area contributed by atoms with Gasteiger partial charge in [-0.3, -0.25) is 14.6 Å². The monoisotopic (exact) mass is 460 g/mol. The normalized spacial score (nSPS) is 19.0. The van der Waals surface area contributed by atoms with Crippen LogP contribution in [0, 0.1) is 5.92 Å². The Morgan fingerprint density at radius 3 is 2.87 bits per heavy atom. The van der Waals surface area contributed by atoms with Gasteiger partial charge < -0.3 is 14.8 Å². The van der Waals surface area contributed by atoms with Gasteiger partial charge in [-0.15, -0.1) is 24.8 Å². The van der Waals surface area contributed by atoms with Crippen LogP contribution in [0.15, 0.2) is 53.6 Å². The number of benzene rings is 1. The number of aromatic nitrogens is 2. The molecule has 3 aromatic rings. The number of hydrogen-bond donors (Lipinski definition) is 1. The summed E-state index contributed by atoms with van der Waals surface area (Å²) < 4.78 is 1.84. The Balaban J connectivity index is 0.00000136. The number of fused-ring (bicyclic) bond motifs is 5. The quantitative estimate of drug-likeness (QED) is 0.651. The lowest BCUT2D eigenvalue weighted by molar-refractivity contribution is 0.0782. The van der Waals surface area contributed by atoms with Gasteiger partial charge in [0.2, 0.25) is 0 Å². The van der Waals surface area contributed by atoms with Crippen LogP contribution in [-0.2, 0) is 13.1 Å². The van der Waals surface area contributed by atoms with E-state index in [4.69, 9.17) is 0 Å². The van der Waals surface area contributed by atoms with Gasteiger partial charge in [-0.05, 0) is 48.0 Å². The van der Waals surface area contributed by atoms with E-state index < -0.39 is 0 Å². The number of nitrogens with zero attached hydrogens (tertiary/aromatic N) is 3. The van der Waals surface area contributed by atoms with Gasteiger partial charge in [-0.25, -0.2) is 0 Å². The van der Waals surface area contributed by atoms with E-state index in [2.05, 4.69) is 10.3 Å². The molecule has 2 atom stereocenters. The smallest absolute Gasteiger partial charge is 0.263 e. The van der Waals surface area contributed by atoms with Crippen LogP contribution in [0.2, 0.25) is 0 Å². The molecule has 1 saturated heterocycles. The number of halogens is 2. The molecule has 4 heterocycles. The largest absolute Gasteiger partial charge is 0.337 e. The molecule has 2 aromatic heterocycles. The second-order valence-electron chi connectivity index (χ2n) is 8.22. The molecule has 1 aromatic carbocycles. The Morgan fingerprint density at radius 2 is 2.03 bits per heavy atom. The fourth-order valence-electron chi connectivity index (χ4n) is 4.81. The van der Waals surface area contributed by atoms with E-state index in [0.29, 0.717) is 24.9 Å². The summed E-state index contributed by atoms with van der Waals surface area (Å²) in [5.74, 6) is 0.595. The van der Waals surface area contributed by atoms with Crippen LogP contribution >= 0.6 is 24.8 Å². The Bertz CT molecular complexity index is 1160. The lowest BCUT2D eigenvalue weighted by Gasteiger charge is -2.37. The van der Waals surface area contributed by atoms with Gasteiger partial charge in [0, 0.05) is 56.1 Å². The average Bonchev–Trinajstić information content (AvgIpc) is 2.74. The van der Waals surface area contributed by atoms with Gasteiger partial charge in [-0.2, -0.15) is 0 Å². The molecule has 1 fully saturated rings. The fraction of sp³-hybridized carbons (Fsp3) is 0.348. The van der Waals surface area contributed by atoms with Crippen LogP contribution in [0.5, 0.6) is 0 Å². The van der Waals surface area contributed by atoms with Crippen LogP contribution in [0.25, 0.3) is 10.8 Å². The van der Waals surface area contributed by atoms with E-state index in [-0.39, 0.29) is 41.8 Å². The van der Waals surface area contributed by atoms with E-state index in [1.54, 1.807) is 24.2 Å². The summed E-state index contributed by atoms with van der Waals surface area (Å²) >= 11 is 0. The first kappa shape index (κ1) is 23.3. The molecule has 0 unspecified atom stereocenters. The number of pyridine rings is 2. The molecule has 31 heavy (non-hydrogen) atoms. The van der Waals surface area contributed by atoms with E-state index in [0.717, 1.165) is 41.5 Å². The van der Waals surface area contributed by atoms with Crippen LogP contribution < -0.4 is 10.9 Å². The summed E-state index contributed by atoms with van der Waals surface area (Å²) in [6.07, 6.45) is 4.70. The first-order valence-corrected chi connectivity index (χ1v) is 10.1. The maximum Gasteiger partial charge on any atom is 0.263 e. The zero-order chi connectivity index (χ0) is 20.0. The number of piperidine rings is 1. The summed E-state index contributed by atoms with van der Waals surface area (Å²) in [6.45, 7) is 2.98. The Kier molecular flexibility index (Phi) is 7.04. The molecule has 1 amide bonds. The van der Waals surface area contributed by atoms with E-state index in [1.165, 1.54) is 0 Å². The Hall–Kier alpha value is -2.41. The third-order valence-corrected chi connectivity index (χ3v) is 6.26. The van der Waals surface area contributed by atoms with E-state index in [1.807, 2.05) is 41.1 Å². The van der Waals surface area contributed by atoms with Gasteiger partial charge in [0.05, 0.1) is 0 Å². The molecule has 6 nitrogen and oxygen atoms in total. The maximum absolute atomic E-state index is 13.1. The minimum Gasteiger partial charge on any atom is -0.337 e. The first-order valence-electron chi connectivity index (χ1n) is 10.1. The van der Waals surface area contributed by atoms with Crippen molar-refractivity contribution in [1.29, 1.82) is 0 Å². The topological polar surface area (TPSA) is 67.2 Å². The highest BCUT2D eigenvalue weighted by Crippen LogP contribution is 2.31. The lowest BCUT2D eigenvalue weighted by Crippen LogP contribution is -2.46. The maximum atomic E-state index is 13.1. The molecule has 1 N–H and O–H groups in total. The van der Waals surface area contributed by atoms with Crippen molar-refractivity contribution in [2.45, 2.75) is 25.4 Å². The number of amides is 1. The van der Waals surface area contributed by atoms with Crippen molar-refractivity contribution in [3.63, 3.8) is 0 Å². The van der Waals surface area contributed by atoms with Crippen LogP contribution in [-0.4, -0.2) is 40.5 Å². The highest BCUT2D eigenvalue weighted by atomic mass is 35.5. The van der Waals surface area contributed by atoms with Gasteiger partial charge in [0.15, 0.2) is 0 Å². The van der Waals surface area contributed by atoms with E-state index >= 15 is 0 Å². The molecule has 8 heteroatoms. The predicted molar refractivity (Wildman–Crippen MR) is 126 cm³/mol. The molecule has 5 rings (SSSR count). The SMILES string of the molecule is CN(Cc1cccc2cnccc12)C(=O)c1ccc2n(c1=O)C[C@@H]1CNC[C@H]2C1.Cl.Cl. The van der Waals surface area contributed by atoms with Crippen molar-refractivity contribution in [2.75, 3.05) is 20.1 Å². The Morgan fingerprint density at radius 1 is 1.19 bits per heavy atom. The van der Waals surface area contributed by atoms with Crippen molar-refractivity contribution < 1.29 is 4.79 Å². The van der Waals surface area contributed by atoms with E-state index in [9.17, 15) is 9.59 Å². The third kappa shape index (κ3) is 4.20. The summed E-state index contributed by atoms with van der Waals surface area (Å²) in [6, 6.07) is 11.6. The molecule has 0 saturated carbocycles. The average molecular weight is 461 g/mol. The van der Waals surface area contributed by atoms with Crippen molar-refractivity contribution in [1.82, 2.24) is 19.8 Å². The zero-order valence-electron chi connectivity index (χ0n) is 17.3. The van der Waals surface area contributed by atoms with Gasteiger partial charge >= 0.3 is 0 Å². The van der Waals surface area contributed by atoms with Crippen molar-refractivity contribution >= 4 is 41.5 Å². The van der Waals surface area contributed by atoms with Crippen molar-refractivity contribution in [2.24, 2.45) is 5.92 Å². The highest BCUT2D eigenvalue weighted by molar-refractivity contribution is 5.94. The number of hydrogen-bond acceptors (Lipinski definition) is 4. The summed E-state index contributed by atoms with van der Waals surface area (Å²) in [5, 5.41) is 5.56. The van der Waals surface area contributed by atoms with Gasteiger partial charge in [0.25, 0.3) is 11.5 Å². The van der Waals surface area contributed by atoms with Crippen molar-refractivity contribution in [3.05, 3.63) is 76.0 Å². The molecule has 2 aliphatic heterocycles. The molecular formula is C23H26Cl2N4O2. The number of nitrogens with one attached hydrogen (secondary N) is 1. The lowest BCUT2D eigenvalue weighted by atomic mass is 9.84. The van der Waals surface area contributed by atoms with Gasteiger partial charge in [-0.1, -0.05) is 18.2 Å². The standard InChI is InChI=1S/C23H24N4O2.2ClH/c1-26(14-17-4-2-3-16-11-24-8-7-19(16)17)22(28)20-5-6-21-18-9-15(10-25-12-18)13-27(21)23(20)29;;/h2-8,11,15,18,25H,9-10,12-14H2,1H3;2*1H/t15-,18+;;/m0../s1. The Labute approximate surface area is 193 Å². The van der Waals surface area contributed by atoms with Crippen LogP contribution in [0.1, 0.15) is 34.0 Å². The number of carbonyl (C=O) groups excluding carboxylic acids is 1. The minimum absolute atomic E-state index is 0. The van der Waals surface area contributed by atoms with Gasteiger partial charge in [0.1, 0.15) is 5.56 Å². The molecule has 2 bridgehead atoms. The summed E-state index contributed by atoms with van der Waals surface area (Å²) in [4.78, 5) is 32.1. The molecule has 2 aliphatic rings. The van der Waals surface area contributed by atoms with Crippen LogP contribution in [0.3, 0.4) is 0 Å². The zero-order valence-corrected chi connectivity index (χ0v) is 18.9.